The van der Waals surface area contributed by atoms with Crippen molar-refractivity contribution in [2.75, 3.05) is 51.3 Å². The van der Waals surface area contributed by atoms with E-state index in [1.807, 2.05) is 47.4 Å². The topological polar surface area (TPSA) is 93.9 Å². The average Bonchev–Trinajstić information content (AvgIpc) is 2.91. The third-order valence-electron chi connectivity index (χ3n) is 6.08. The number of ether oxygens (including phenoxy) is 2. The van der Waals surface area contributed by atoms with Gasteiger partial charge in [0.15, 0.2) is 5.78 Å². The van der Waals surface area contributed by atoms with Crippen LogP contribution in [0.25, 0.3) is 11.1 Å². The number of nitrogens with zero attached hydrogens (tertiary/aromatic N) is 1. The minimum atomic E-state index is -0.151. The first-order valence-electron chi connectivity index (χ1n) is 12.4. The number of morpholine rings is 1. The van der Waals surface area contributed by atoms with Gasteiger partial charge in [0.2, 0.25) is 5.91 Å². The first-order chi connectivity index (χ1) is 17.6. The van der Waals surface area contributed by atoms with Crippen LogP contribution >= 0.6 is 0 Å². The van der Waals surface area contributed by atoms with Gasteiger partial charge in [0, 0.05) is 25.1 Å². The van der Waals surface area contributed by atoms with Gasteiger partial charge >= 0.3 is 0 Å². The summed E-state index contributed by atoms with van der Waals surface area (Å²) in [7, 11) is 0. The van der Waals surface area contributed by atoms with Crippen LogP contribution in [0.2, 0.25) is 0 Å². The van der Waals surface area contributed by atoms with Gasteiger partial charge in [0.05, 0.1) is 32.1 Å². The van der Waals surface area contributed by atoms with E-state index in [4.69, 9.17) is 15.2 Å². The number of Topliss-reactive ketones (excluding diaryl/α,β-unsaturated/α-hetero) is 1. The van der Waals surface area contributed by atoms with Crippen LogP contribution in [0, 0.1) is 0 Å². The first kappa shape index (κ1) is 25.6. The molecule has 0 saturated carbocycles. The maximum absolute atomic E-state index is 13.1. The van der Waals surface area contributed by atoms with E-state index in [9.17, 15) is 9.59 Å². The van der Waals surface area contributed by atoms with Gasteiger partial charge in [-0.2, -0.15) is 0 Å². The third-order valence-corrected chi connectivity index (χ3v) is 6.08. The van der Waals surface area contributed by atoms with Crippen molar-refractivity contribution in [1.29, 1.82) is 0 Å². The standard InChI is InChI=1S/C29H33N3O4/c30-13-4-16-36-28-12-11-25(20-26(28)31-29(34)21-32-14-17-35-18-15-32)27(33)19-22-7-9-24(10-8-22)23-5-2-1-3-6-23/h1-3,5-12,20H,4,13-19,21,30H2,(H,31,34). The van der Waals surface area contributed by atoms with Crippen molar-refractivity contribution in [3.63, 3.8) is 0 Å². The monoisotopic (exact) mass is 487 g/mol. The Morgan fingerprint density at radius 1 is 0.944 bits per heavy atom. The summed E-state index contributed by atoms with van der Waals surface area (Å²) in [5.41, 5.74) is 9.78. The van der Waals surface area contributed by atoms with Gasteiger partial charge in [-0.15, -0.1) is 0 Å². The molecule has 1 aliphatic rings. The molecule has 36 heavy (non-hydrogen) atoms. The Morgan fingerprint density at radius 2 is 1.67 bits per heavy atom. The van der Waals surface area contributed by atoms with E-state index in [2.05, 4.69) is 17.4 Å². The molecule has 1 saturated heterocycles. The number of rotatable bonds is 11. The van der Waals surface area contributed by atoms with Crippen LogP contribution in [0.4, 0.5) is 5.69 Å². The molecule has 1 fully saturated rings. The lowest BCUT2D eigenvalue weighted by Gasteiger charge is -2.26. The van der Waals surface area contributed by atoms with Crippen LogP contribution in [0.1, 0.15) is 22.3 Å². The van der Waals surface area contributed by atoms with Gasteiger partial charge in [-0.05, 0) is 47.9 Å². The highest BCUT2D eigenvalue weighted by Gasteiger charge is 2.17. The lowest BCUT2D eigenvalue weighted by molar-refractivity contribution is -0.118. The van der Waals surface area contributed by atoms with Crippen molar-refractivity contribution in [2.24, 2.45) is 5.73 Å². The molecule has 4 rings (SSSR count). The number of hydrogen-bond acceptors (Lipinski definition) is 6. The summed E-state index contributed by atoms with van der Waals surface area (Å²) >= 11 is 0. The average molecular weight is 488 g/mol. The quantitative estimate of drug-likeness (QED) is 0.316. The number of ketones is 1. The van der Waals surface area contributed by atoms with Gasteiger partial charge < -0.3 is 20.5 Å². The highest BCUT2D eigenvalue weighted by molar-refractivity contribution is 6.00. The number of hydrogen-bond donors (Lipinski definition) is 2. The lowest BCUT2D eigenvalue weighted by atomic mass is 9.99. The largest absolute Gasteiger partial charge is 0.491 e. The molecule has 3 aromatic carbocycles. The Kier molecular flexibility index (Phi) is 9.21. The highest BCUT2D eigenvalue weighted by Crippen LogP contribution is 2.27. The molecule has 7 heteroatoms. The van der Waals surface area contributed by atoms with Gasteiger partial charge in [-0.1, -0.05) is 54.6 Å². The molecule has 0 unspecified atom stereocenters. The number of anilines is 1. The Hall–Kier alpha value is -3.52. The Bertz CT molecular complexity index is 1140. The molecule has 0 atom stereocenters. The summed E-state index contributed by atoms with van der Waals surface area (Å²) in [5, 5.41) is 2.94. The number of carbonyl (C=O) groups is 2. The van der Waals surface area contributed by atoms with Gasteiger partial charge in [0.1, 0.15) is 5.75 Å². The second-order valence-corrected chi connectivity index (χ2v) is 8.80. The van der Waals surface area contributed by atoms with E-state index in [0.717, 1.165) is 29.8 Å². The van der Waals surface area contributed by atoms with Crippen molar-refractivity contribution in [3.05, 3.63) is 83.9 Å². The molecule has 0 spiro atoms. The Labute approximate surface area is 212 Å². The Morgan fingerprint density at radius 3 is 2.39 bits per heavy atom. The lowest BCUT2D eigenvalue weighted by Crippen LogP contribution is -2.41. The fourth-order valence-electron chi connectivity index (χ4n) is 4.08. The molecule has 0 aromatic heterocycles. The zero-order chi connectivity index (χ0) is 25.2. The predicted octanol–water partition coefficient (Wildman–Crippen LogP) is 3.78. The van der Waals surface area contributed by atoms with Gasteiger partial charge in [-0.3, -0.25) is 14.5 Å². The highest BCUT2D eigenvalue weighted by atomic mass is 16.5. The van der Waals surface area contributed by atoms with Crippen LogP contribution < -0.4 is 15.8 Å². The first-order valence-corrected chi connectivity index (χ1v) is 12.4. The molecule has 1 aliphatic heterocycles. The molecule has 7 nitrogen and oxygen atoms in total. The van der Waals surface area contributed by atoms with Crippen molar-refractivity contribution in [1.82, 2.24) is 4.90 Å². The smallest absolute Gasteiger partial charge is 0.238 e. The van der Waals surface area contributed by atoms with E-state index in [1.54, 1.807) is 18.2 Å². The SMILES string of the molecule is NCCCOc1ccc(C(=O)Cc2ccc(-c3ccccc3)cc2)cc1NC(=O)CN1CCOCC1. The van der Waals surface area contributed by atoms with E-state index < -0.39 is 0 Å². The number of nitrogens with two attached hydrogens (primary N) is 1. The predicted molar refractivity (Wildman–Crippen MR) is 141 cm³/mol. The van der Waals surface area contributed by atoms with Gasteiger partial charge in [-0.25, -0.2) is 0 Å². The summed E-state index contributed by atoms with van der Waals surface area (Å²) < 4.78 is 11.2. The minimum Gasteiger partial charge on any atom is -0.491 e. The van der Waals surface area contributed by atoms with Crippen LogP contribution in [-0.4, -0.2) is 62.6 Å². The maximum Gasteiger partial charge on any atom is 0.238 e. The molecule has 3 N–H and O–H groups in total. The van der Waals surface area contributed by atoms with E-state index in [-0.39, 0.29) is 24.7 Å². The molecule has 0 aliphatic carbocycles. The fourth-order valence-corrected chi connectivity index (χ4v) is 4.08. The van der Waals surface area contributed by atoms with Crippen LogP contribution in [0.15, 0.2) is 72.8 Å². The molecule has 1 heterocycles. The summed E-state index contributed by atoms with van der Waals surface area (Å²) in [5.74, 6) is 0.351. The molecule has 3 aromatic rings. The minimum absolute atomic E-state index is 0.0281. The molecule has 0 bridgehead atoms. The number of nitrogens with one attached hydrogen (secondary N) is 1. The van der Waals surface area contributed by atoms with E-state index in [0.29, 0.717) is 49.8 Å². The third kappa shape index (κ3) is 7.24. The summed E-state index contributed by atoms with van der Waals surface area (Å²) in [6.07, 6.45) is 0.963. The normalized spacial score (nSPS) is 13.8. The molecule has 1 amide bonds. The zero-order valence-corrected chi connectivity index (χ0v) is 20.4. The van der Waals surface area contributed by atoms with Crippen molar-refractivity contribution in [2.45, 2.75) is 12.8 Å². The van der Waals surface area contributed by atoms with Crippen molar-refractivity contribution < 1.29 is 19.1 Å². The fraction of sp³-hybridized carbons (Fsp3) is 0.310. The van der Waals surface area contributed by atoms with Crippen molar-refractivity contribution in [3.8, 4) is 16.9 Å². The summed E-state index contributed by atoms with van der Waals surface area (Å²) in [6, 6.07) is 23.3. The zero-order valence-electron chi connectivity index (χ0n) is 20.4. The van der Waals surface area contributed by atoms with E-state index in [1.165, 1.54) is 0 Å². The molecular weight excluding hydrogens is 454 g/mol. The van der Waals surface area contributed by atoms with Crippen LogP contribution in [-0.2, 0) is 16.0 Å². The van der Waals surface area contributed by atoms with Crippen LogP contribution in [0.3, 0.4) is 0 Å². The number of carbonyl (C=O) groups excluding carboxylic acids is 2. The van der Waals surface area contributed by atoms with Crippen molar-refractivity contribution >= 4 is 17.4 Å². The number of amides is 1. The summed E-state index contributed by atoms with van der Waals surface area (Å²) in [6.45, 7) is 3.89. The van der Waals surface area contributed by atoms with Gasteiger partial charge in [0.25, 0.3) is 0 Å². The van der Waals surface area contributed by atoms with Crippen LogP contribution in [0.5, 0.6) is 5.75 Å². The molecule has 0 radical (unpaired) electrons. The molecular formula is C29H33N3O4. The van der Waals surface area contributed by atoms with E-state index >= 15 is 0 Å². The second kappa shape index (κ2) is 13.0. The Balaban J connectivity index is 1.45. The maximum atomic E-state index is 13.1. The second-order valence-electron chi connectivity index (χ2n) is 8.80. The number of benzene rings is 3. The summed E-state index contributed by atoms with van der Waals surface area (Å²) in [4.78, 5) is 27.9. The molecule has 188 valence electrons.